The Hall–Kier alpha value is -1.63. The van der Waals surface area contributed by atoms with Crippen LogP contribution in [0.2, 0.25) is 0 Å². The van der Waals surface area contributed by atoms with Gasteiger partial charge >= 0.3 is 0 Å². The molecule has 2 rings (SSSR count). The van der Waals surface area contributed by atoms with Crippen LogP contribution in [-0.4, -0.2) is 0 Å². The van der Waals surface area contributed by atoms with Gasteiger partial charge in [-0.25, -0.2) is 4.39 Å². The van der Waals surface area contributed by atoms with E-state index >= 15 is 0 Å². The van der Waals surface area contributed by atoms with Gasteiger partial charge in [0.2, 0.25) is 0 Å². The minimum atomic E-state index is -0.104. The van der Waals surface area contributed by atoms with Crippen molar-refractivity contribution in [3.05, 3.63) is 59.4 Å². The summed E-state index contributed by atoms with van der Waals surface area (Å²) in [5.74, 6) is -0.104. The van der Waals surface area contributed by atoms with Crippen molar-refractivity contribution in [1.82, 2.24) is 0 Å². The summed E-state index contributed by atoms with van der Waals surface area (Å²) in [6.07, 6.45) is 6.88. The van der Waals surface area contributed by atoms with Crippen molar-refractivity contribution in [2.45, 2.75) is 52.4 Å². The maximum absolute atomic E-state index is 14.3. The molecule has 0 spiro atoms. The van der Waals surface area contributed by atoms with Gasteiger partial charge in [0.25, 0.3) is 0 Å². The molecule has 0 aliphatic carbocycles. The molecule has 0 aliphatic heterocycles. The quantitative estimate of drug-likeness (QED) is 0.533. The first kappa shape index (κ1) is 15.8. The molecular weight excluding hydrogens is 259 g/mol. The fourth-order valence-corrected chi connectivity index (χ4v) is 2.62. The van der Waals surface area contributed by atoms with E-state index in [9.17, 15) is 4.39 Å². The largest absolute Gasteiger partial charge is 0.206 e. The first-order valence-electron chi connectivity index (χ1n) is 8.12. The van der Waals surface area contributed by atoms with E-state index in [0.29, 0.717) is 5.56 Å². The van der Waals surface area contributed by atoms with E-state index in [1.807, 2.05) is 18.2 Å². The van der Waals surface area contributed by atoms with Crippen LogP contribution >= 0.6 is 0 Å². The summed E-state index contributed by atoms with van der Waals surface area (Å²) in [6.45, 7) is 4.33. The van der Waals surface area contributed by atoms with Crippen LogP contribution in [0.5, 0.6) is 0 Å². The zero-order valence-electron chi connectivity index (χ0n) is 13.2. The van der Waals surface area contributed by atoms with E-state index in [1.165, 1.54) is 24.8 Å². The Morgan fingerprint density at radius 1 is 0.810 bits per heavy atom. The molecule has 0 nitrogen and oxygen atoms in total. The molecule has 0 saturated carbocycles. The van der Waals surface area contributed by atoms with Crippen molar-refractivity contribution in [3.8, 4) is 11.1 Å². The Kier molecular flexibility index (Phi) is 5.98. The highest BCUT2D eigenvalue weighted by Gasteiger charge is 2.06. The second-order valence-corrected chi connectivity index (χ2v) is 5.68. The van der Waals surface area contributed by atoms with Crippen LogP contribution in [0.3, 0.4) is 0 Å². The minimum Gasteiger partial charge on any atom is -0.206 e. The molecule has 0 fully saturated rings. The lowest BCUT2D eigenvalue weighted by atomic mass is 9.99. The van der Waals surface area contributed by atoms with Crippen LogP contribution in [0.1, 0.15) is 50.7 Å². The van der Waals surface area contributed by atoms with Gasteiger partial charge in [0.1, 0.15) is 5.82 Å². The Morgan fingerprint density at radius 3 is 2.14 bits per heavy atom. The number of aryl methyl sites for hydroxylation is 2. The molecule has 0 aromatic heterocycles. The Balaban J connectivity index is 2.07. The maximum atomic E-state index is 14.3. The van der Waals surface area contributed by atoms with Gasteiger partial charge in [0.15, 0.2) is 0 Å². The lowest BCUT2D eigenvalue weighted by molar-refractivity contribution is 0.624. The van der Waals surface area contributed by atoms with Crippen molar-refractivity contribution in [2.75, 3.05) is 0 Å². The molecule has 0 aliphatic rings. The van der Waals surface area contributed by atoms with Gasteiger partial charge in [-0.3, -0.25) is 0 Å². The van der Waals surface area contributed by atoms with Crippen molar-refractivity contribution < 1.29 is 4.39 Å². The molecule has 0 amide bonds. The van der Waals surface area contributed by atoms with E-state index in [0.717, 1.165) is 30.4 Å². The van der Waals surface area contributed by atoms with Crippen LogP contribution < -0.4 is 0 Å². The van der Waals surface area contributed by atoms with Gasteiger partial charge in [0.05, 0.1) is 0 Å². The van der Waals surface area contributed by atoms with Gasteiger partial charge < -0.3 is 0 Å². The second-order valence-electron chi connectivity index (χ2n) is 5.68. The summed E-state index contributed by atoms with van der Waals surface area (Å²) in [5.41, 5.74) is 4.06. The minimum absolute atomic E-state index is 0.104. The second kappa shape index (κ2) is 7.97. The van der Waals surface area contributed by atoms with Crippen molar-refractivity contribution in [3.63, 3.8) is 0 Å². The van der Waals surface area contributed by atoms with E-state index < -0.39 is 0 Å². The molecule has 2 aromatic rings. The number of benzene rings is 2. The molecule has 0 radical (unpaired) electrons. The standard InChI is InChI=1S/C20H25F/c1-3-5-6-7-8-17-11-14-19(20(21)15-17)18-12-9-16(4-2)10-13-18/h9-15H,3-8H2,1-2H3. The molecule has 0 atom stereocenters. The summed E-state index contributed by atoms with van der Waals surface area (Å²) in [5, 5.41) is 0. The highest BCUT2D eigenvalue weighted by atomic mass is 19.1. The third-order valence-electron chi connectivity index (χ3n) is 4.03. The molecule has 0 unspecified atom stereocenters. The highest BCUT2D eigenvalue weighted by molar-refractivity contribution is 5.64. The average molecular weight is 284 g/mol. The van der Waals surface area contributed by atoms with Gasteiger partial charge in [-0.2, -0.15) is 0 Å². The third-order valence-corrected chi connectivity index (χ3v) is 4.03. The van der Waals surface area contributed by atoms with Gasteiger partial charge in [-0.15, -0.1) is 0 Å². The van der Waals surface area contributed by atoms with Crippen LogP contribution in [0.25, 0.3) is 11.1 Å². The summed E-state index contributed by atoms with van der Waals surface area (Å²) in [4.78, 5) is 0. The topological polar surface area (TPSA) is 0 Å². The van der Waals surface area contributed by atoms with E-state index in [2.05, 4.69) is 32.0 Å². The molecule has 0 N–H and O–H groups in total. The lowest BCUT2D eigenvalue weighted by Crippen LogP contribution is -1.91. The maximum Gasteiger partial charge on any atom is 0.131 e. The van der Waals surface area contributed by atoms with E-state index in [-0.39, 0.29) is 5.82 Å². The first-order valence-corrected chi connectivity index (χ1v) is 8.12. The van der Waals surface area contributed by atoms with Gasteiger partial charge in [0, 0.05) is 5.56 Å². The summed E-state index contributed by atoms with van der Waals surface area (Å²) in [6, 6.07) is 13.9. The normalized spacial score (nSPS) is 10.8. The van der Waals surface area contributed by atoms with E-state index in [4.69, 9.17) is 0 Å². The summed E-state index contributed by atoms with van der Waals surface area (Å²) < 4.78 is 14.3. The number of hydrogen-bond donors (Lipinski definition) is 0. The molecule has 112 valence electrons. The van der Waals surface area contributed by atoms with Crippen LogP contribution in [0, 0.1) is 5.82 Å². The van der Waals surface area contributed by atoms with Crippen molar-refractivity contribution in [2.24, 2.45) is 0 Å². The third kappa shape index (κ3) is 4.42. The first-order chi connectivity index (χ1) is 10.2. The molecule has 21 heavy (non-hydrogen) atoms. The molecule has 0 heterocycles. The SMILES string of the molecule is CCCCCCc1ccc(-c2ccc(CC)cc2)c(F)c1. The molecule has 2 aromatic carbocycles. The molecule has 0 saturated heterocycles. The number of rotatable bonds is 7. The van der Waals surface area contributed by atoms with Gasteiger partial charge in [-0.05, 0) is 42.0 Å². The molecule has 1 heteroatoms. The fourth-order valence-electron chi connectivity index (χ4n) is 2.62. The summed E-state index contributed by atoms with van der Waals surface area (Å²) >= 11 is 0. The smallest absolute Gasteiger partial charge is 0.131 e. The van der Waals surface area contributed by atoms with E-state index in [1.54, 1.807) is 6.07 Å². The zero-order valence-corrected chi connectivity index (χ0v) is 13.2. The molecule has 0 bridgehead atoms. The summed E-state index contributed by atoms with van der Waals surface area (Å²) in [7, 11) is 0. The Labute approximate surface area is 128 Å². The lowest BCUT2D eigenvalue weighted by Gasteiger charge is -2.07. The fraction of sp³-hybridized carbons (Fsp3) is 0.400. The van der Waals surface area contributed by atoms with Crippen LogP contribution in [0.4, 0.5) is 4.39 Å². The Bertz CT molecular complexity index is 555. The average Bonchev–Trinajstić information content (AvgIpc) is 2.52. The monoisotopic (exact) mass is 284 g/mol. The van der Waals surface area contributed by atoms with Crippen LogP contribution in [-0.2, 0) is 12.8 Å². The number of halogens is 1. The van der Waals surface area contributed by atoms with Gasteiger partial charge in [-0.1, -0.05) is 69.5 Å². The highest BCUT2D eigenvalue weighted by Crippen LogP contribution is 2.25. The van der Waals surface area contributed by atoms with Crippen LogP contribution in [0.15, 0.2) is 42.5 Å². The predicted octanol–water partition coefficient (Wildman–Crippen LogP) is 6.18. The number of hydrogen-bond acceptors (Lipinski definition) is 0. The number of unbranched alkanes of at least 4 members (excludes halogenated alkanes) is 3. The predicted molar refractivity (Wildman–Crippen MR) is 89.1 cm³/mol. The van der Waals surface area contributed by atoms with Crippen molar-refractivity contribution in [1.29, 1.82) is 0 Å². The molecular formula is C20H25F. The zero-order chi connectivity index (χ0) is 15.1. The van der Waals surface area contributed by atoms with Crippen molar-refractivity contribution >= 4 is 0 Å². The Morgan fingerprint density at radius 2 is 1.52 bits per heavy atom.